The summed E-state index contributed by atoms with van der Waals surface area (Å²) < 4.78 is 0.922. The average Bonchev–Trinajstić information content (AvgIpc) is 2.71. The lowest BCUT2D eigenvalue weighted by Crippen LogP contribution is -2.06. The van der Waals surface area contributed by atoms with Crippen LogP contribution in [-0.4, -0.2) is 15.2 Å². The topological polar surface area (TPSA) is 64.7 Å². The zero-order valence-electron chi connectivity index (χ0n) is 8.12. The summed E-state index contributed by atoms with van der Waals surface area (Å²) in [5.41, 5.74) is 8.32. The van der Waals surface area contributed by atoms with Crippen LogP contribution in [0.4, 0.5) is 0 Å². The van der Waals surface area contributed by atoms with Gasteiger partial charge in [-0.25, -0.2) is 0 Å². The molecule has 0 saturated carbocycles. The van der Waals surface area contributed by atoms with Gasteiger partial charge < -0.3 is 5.73 Å². The lowest BCUT2D eigenvalue weighted by molar-refractivity contribution is 0.777. The summed E-state index contributed by atoms with van der Waals surface area (Å²) in [6.45, 7) is 1.92. The maximum Gasteiger partial charge on any atom is 0.178 e. The molecule has 4 nitrogen and oxygen atoms in total. The SMILES string of the molecule is C[C@@H](N)c1ccc(Sc2nncs2)cn1. The molecule has 2 N–H and O–H groups in total. The Morgan fingerprint density at radius 1 is 1.47 bits per heavy atom. The van der Waals surface area contributed by atoms with E-state index in [0.29, 0.717) is 0 Å². The van der Waals surface area contributed by atoms with Gasteiger partial charge >= 0.3 is 0 Å². The summed E-state index contributed by atoms with van der Waals surface area (Å²) in [5, 5.41) is 7.72. The van der Waals surface area contributed by atoms with Crippen LogP contribution in [0, 0.1) is 0 Å². The standard InChI is InChI=1S/C9H10N4S2/c1-6(10)8-3-2-7(4-11-8)15-9-13-12-5-14-9/h2-6H,10H2,1H3/t6-/m1/s1. The van der Waals surface area contributed by atoms with E-state index in [1.54, 1.807) is 17.3 Å². The Kier molecular flexibility index (Phi) is 3.30. The van der Waals surface area contributed by atoms with Crippen molar-refractivity contribution in [2.75, 3.05) is 0 Å². The van der Waals surface area contributed by atoms with Crippen molar-refractivity contribution in [1.29, 1.82) is 0 Å². The number of aromatic nitrogens is 3. The van der Waals surface area contributed by atoms with E-state index in [2.05, 4.69) is 15.2 Å². The molecule has 0 aliphatic carbocycles. The minimum Gasteiger partial charge on any atom is -0.323 e. The van der Waals surface area contributed by atoms with Crippen molar-refractivity contribution in [2.45, 2.75) is 22.2 Å². The highest BCUT2D eigenvalue weighted by atomic mass is 32.2. The van der Waals surface area contributed by atoms with Crippen molar-refractivity contribution < 1.29 is 0 Å². The summed E-state index contributed by atoms with van der Waals surface area (Å²) in [5.74, 6) is 0. The van der Waals surface area contributed by atoms with Crippen LogP contribution in [0.1, 0.15) is 18.7 Å². The second-order valence-electron chi connectivity index (χ2n) is 3.01. The number of hydrogen-bond donors (Lipinski definition) is 1. The quantitative estimate of drug-likeness (QED) is 0.887. The zero-order valence-corrected chi connectivity index (χ0v) is 9.76. The van der Waals surface area contributed by atoms with Gasteiger partial charge in [-0.3, -0.25) is 4.98 Å². The maximum atomic E-state index is 5.71. The molecule has 0 radical (unpaired) electrons. The Balaban J connectivity index is 2.11. The third-order valence-electron chi connectivity index (χ3n) is 1.77. The second kappa shape index (κ2) is 4.69. The van der Waals surface area contributed by atoms with E-state index in [0.717, 1.165) is 14.9 Å². The Hall–Kier alpha value is -0.980. The summed E-state index contributed by atoms with van der Waals surface area (Å²) in [7, 11) is 0. The van der Waals surface area contributed by atoms with E-state index in [1.807, 2.05) is 25.3 Å². The van der Waals surface area contributed by atoms with Gasteiger partial charge in [0.1, 0.15) is 5.51 Å². The molecule has 2 rings (SSSR count). The van der Waals surface area contributed by atoms with Gasteiger partial charge in [-0.1, -0.05) is 23.1 Å². The van der Waals surface area contributed by atoms with Crippen LogP contribution in [0.3, 0.4) is 0 Å². The van der Waals surface area contributed by atoms with Gasteiger partial charge in [-0.2, -0.15) is 0 Å². The Labute approximate surface area is 95.9 Å². The first-order valence-electron chi connectivity index (χ1n) is 4.41. The van der Waals surface area contributed by atoms with Gasteiger partial charge in [-0.05, 0) is 19.1 Å². The number of nitrogens with zero attached hydrogens (tertiary/aromatic N) is 3. The summed E-state index contributed by atoms with van der Waals surface area (Å²) >= 11 is 3.07. The molecule has 0 fully saturated rings. The minimum atomic E-state index is -0.0226. The fourth-order valence-corrected chi connectivity index (χ4v) is 2.45. The van der Waals surface area contributed by atoms with Crippen LogP contribution in [0.2, 0.25) is 0 Å². The molecule has 15 heavy (non-hydrogen) atoms. The number of nitrogens with two attached hydrogens (primary N) is 1. The maximum absolute atomic E-state index is 5.71. The monoisotopic (exact) mass is 238 g/mol. The van der Waals surface area contributed by atoms with Gasteiger partial charge in [0.15, 0.2) is 4.34 Å². The molecular formula is C9H10N4S2. The third-order valence-corrected chi connectivity index (χ3v) is 3.53. The van der Waals surface area contributed by atoms with Crippen molar-refractivity contribution in [3.8, 4) is 0 Å². The highest BCUT2D eigenvalue weighted by Gasteiger charge is 2.03. The summed E-state index contributed by atoms with van der Waals surface area (Å²) in [6, 6.07) is 3.91. The molecule has 0 spiro atoms. The van der Waals surface area contributed by atoms with Gasteiger partial charge in [0.25, 0.3) is 0 Å². The Morgan fingerprint density at radius 3 is 2.87 bits per heavy atom. The number of hydrogen-bond acceptors (Lipinski definition) is 6. The molecule has 2 aromatic heterocycles. The Morgan fingerprint density at radius 2 is 2.33 bits per heavy atom. The van der Waals surface area contributed by atoms with Crippen LogP contribution >= 0.6 is 23.1 Å². The molecule has 0 amide bonds. The van der Waals surface area contributed by atoms with Gasteiger partial charge in [0.05, 0.1) is 5.69 Å². The first-order valence-corrected chi connectivity index (χ1v) is 6.11. The van der Waals surface area contributed by atoms with Crippen LogP contribution in [0.15, 0.2) is 33.1 Å². The normalized spacial score (nSPS) is 12.7. The predicted molar refractivity (Wildman–Crippen MR) is 60.9 cm³/mol. The highest BCUT2D eigenvalue weighted by Crippen LogP contribution is 2.27. The van der Waals surface area contributed by atoms with Crippen LogP contribution < -0.4 is 5.73 Å². The number of rotatable bonds is 3. The van der Waals surface area contributed by atoms with E-state index in [-0.39, 0.29) is 6.04 Å². The molecule has 0 aromatic carbocycles. The molecule has 6 heteroatoms. The third kappa shape index (κ3) is 2.74. The van der Waals surface area contributed by atoms with E-state index in [1.165, 1.54) is 11.3 Å². The van der Waals surface area contributed by atoms with Crippen molar-refractivity contribution in [3.63, 3.8) is 0 Å². The molecule has 0 bridgehead atoms. The van der Waals surface area contributed by atoms with Crippen molar-refractivity contribution in [2.24, 2.45) is 5.73 Å². The Bertz CT molecular complexity index is 410. The largest absolute Gasteiger partial charge is 0.323 e. The van der Waals surface area contributed by atoms with Crippen molar-refractivity contribution in [1.82, 2.24) is 15.2 Å². The lowest BCUT2D eigenvalue weighted by atomic mass is 10.2. The smallest absolute Gasteiger partial charge is 0.178 e. The second-order valence-corrected chi connectivity index (χ2v) is 5.17. The van der Waals surface area contributed by atoms with Crippen molar-refractivity contribution in [3.05, 3.63) is 29.5 Å². The zero-order chi connectivity index (χ0) is 10.7. The van der Waals surface area contributed by atoms with Gasteiger partial charge in [0.2, 0.25) is 0 Å². The summed E-state index contributed by atoms with van der Waals surface area (Å²) in [4.78, 5) is 5.32. The molecule has 2 aromatic rings. The molecule has 1 atom stereocenters. The molecule has 0 saturated heterocycles. The van der Waals surface area contributed by atoms with Crippen LogP contribution in [0.25, 0.3) is 0 Å². The van der Waals surface area contributed by atoms with E-state index in [4.69, 9.17) is 5.73 Å². The predicted octanol–water partition coefficient (Wildman–Crippen LogP) is 2.10. The minimum absolute atomic E-state index is 0.0226. The molecule has 0 aliphatic heterocycles. The fraction of sp³-hybridized carbons (Fsp3) is 0.222. The summed E-state index contributed by atoms with van der Waals surface area (Å²) in [6.07, 6.45) is 1.81. The van der Waals surface area contributed by atoms with E-state index >= 15 is 0 Å². The first-order chi connectivity index (χ1) is 7.25. The molecule has 2 heterocycles. The van der Waals surface area contributed by atoms with Gasteiger partial charge in [-0.15, -0.1) is 10.2 Å². The van der Waals surface area contributed by atoms with E-state index in [9.17, 15) is 0 Å². The van der Waals surface area contributed by atoms with E-state index < -0.39 is 0 Å². The molecule has 0 unspecified atom stereocenters. The van der Waals surface area contributed by atoms with Crippen molar-refractivity contribution >= 4 is 23.1 Å². The molecule has 78 valence electrons. The number of pyridine rings is 1. The lowest BCUT2D eigenvalue weighted by Gasteiger charge is -2.04. The van der Waals surface area contributed by atoms with Gasteiger partial charge in [0, 0.05) is 17.1 Å². The molecule has 0 aliphatic rings. The first kappa shape index (κ1) is 10.5. The molecular weight excluding hydrogens is 228 g/mol. The van der Waals surface area contributed by atoms with Crippen LogP contribution in [0.5, 0.6) is 0 Å². The fourth-order valence-electron chi connectivity index (χ4n) is 1.03. The highest BCUT2D eigenvalue weighted by molar-refractivity contribution is 8.01. The van der Waals surface area contributed by atoms with Crippen LogP contribution in [-0.2, 0) is 0 Å². The average molecular weight is 238 g/mol.